The normalized spacial score (nSPS) is 15.0. The van der Waals surface area contributed by atoms with E-state index in [4.69, 9.17) is 5.73 Å². The molecule has 0 atom stereocenters. The van der Waals surface area contributed by atoms with Gasteiger partial charge >= 0.3 is 0 Å². The van der Waals surface area contributed by atoms with Gasteiger partial charge in [-0.3, -0.25) is 4.79 Å². The third-order valence-electron chi connectivity index (χ3n) is 5.30. The first kappa shape index (κ1) is 19.4. The maximum absolute atomic E-state index is 12.9. The molecule has 2 heterocycles. The van der Waals surface area contributed by atoms with Crippen molar-refractivity contribution in [2.45, 2.75) is 26.2 Å². The number of piperidine rings is 1. The fourth-order valence-corrected chi connectivity index (χ4v) is 3.50. The van der Waals surface area contributed by atoms with Crippen LogP contribution in [0, 0.1) is 5.92 Å². The Labute approximate surface area is 162 Å². The highest BCUT2D eigenvalue weighted by Gasteiger charge is 2.19. The summed E-state index contributed by atoms with van der Waals surface area (Å²) in [5.74, 6) is 1.76. The number of benzene rings is 1. The average molecular weight is 367 g/mol. The van der Waals surface area contributed by atoms with Crippen LogP contribution in [0.25, 0.3) is 0 Å². The molecular formula is C22H30N4O. The van der Waals surface area contributed by atoms with Gasteiger partial charge in [0.2, 0.25) is 0 Å². The van der Waals surface area contributed by atoms with E-state index >= 15 is 0 Å². The van der Waals surface area contributed by atoms with E-state index in [2.05, 4.69) is 28.9 Å². The molecule has 2 N–H and O–H groups in total. The molecule has 1 fully saturated rings. The zero-order valence-corrected chi connectivity index (χ0v) is 16.2. The minimum Gasteiger partial charge on any atom is -0.357 e. The lowest BCUT2D eigenvalue weighted by atomic mass is 9.99. The molecular weight excluding hydrogens is 336 g/mol. The summed E-state index contributed by atoms with van der Waals surface area (Å²) < 4.78 is 0. The van der Waals surface area contributed by atoms with Crippen LogP contribution in [-0.4, -0.2) is 48.5 Å². The second kappa shape index (κ2) is 9.51. The summed E-state index contributed by atoms with van der Waals surface area (Å²) in [6.45, 7) is 6.05. The van der Waals surface area contributed by atoms with Gasteiger partial charge in [0.25, 0.3) is 5.91 Å². The lowest BCUT2D eigenvalue weighted by Crippen LogP contribution is -2.37. The zero-order chi connectivity index (χ0) is 19.1. The Balaban J connectivity index is 1.63. The van der Waals surface area contributed by atoms with Crippen LogP contribution in [0.5, 0.6) is 0 Å². The predicted octanol–water partition coefficient (Wildman–Crippen LogP) is 2.96. The van der Waals surface area contributed by atoms with E-state index in [9.17, 15) is 4.79 Å². The van der Waals surface area contributed by atoms with Crippen molar-refractivity contribution >= 4 is 11.7 Å². The Morgan fingerprint density at radius 3 is 2.52 bits per heavy atom. The predicted molar refractivity (Wildman–Crippen MR) is 110 cm³/mol. The number of anilines is 1. The van der Waals surface area contributed by atoms with Crippen molar-refractivity contribution in [3.05, 3.63) is 59.8 Å². The minimum atomic E-state index is 0.00250. The van der Waals surface area contributed by atoms with Crippen molar-refractivity contribution < 1.29 is 4.79 Å². The molecule has 27 heavy (non-hydrogen) atoms. The minimum absolute atomic E-state index is 0.00250. The molecule has 1 saturated heterocycles. The number of carbonyl (C=O) groups excluding carboxylic acids is 1. The van der Waals surface area contributed by atoms with Gasteiger partial charge in [0.05, 0.1) is 5.56 Å². The number of hydrogen-bond donors (Lipinski definition) is 1. The van der Waals surface area contributed by atoms with E-state index in [1.54, 1.807) is 6.20 Å². The van der Waals surface area contributed by atoms with Crippen molar-refractivity contribution in [1.82, 2.24) is 9.88 Å². The van der Waals surface area contributed by atoms with Crippen LogP contribution in [-0.2, 0) is 6.42 Å². The number of rotatable bonds is 7. The van der Waals surface area contributed by atoms with Gasteiger partial charge in [0, 0.05) is 38.9 Å². The van der Waals surface area contributed by atoms with Crippen LogP contribution in [0.3, 0.4) is 0 Å². The Hall–Kier alpha value is -2.40. The second-order valence-corrected chi connectivity index (χ2v) is 7.39. The third-order valence-corrected chi connectivity index (χ3v) is 5.30. The van der Waals surface area contributed by atoms with Gasteiger partial charge < -0.3 is 15.5 Å². The van der Waals surface area contributed by atoms with Crippen LogP contribution in [0.4, 0.5) is 5.82 Å². The molecule has 0 aliphatic carbocycles. The molecule has 0 spiro atoms. The van der Waals surface area contributed by atoms with Crippen molar-refractivity contribution in [2.75, 3.05) is 37.6 Å². The number of pyridine rings is 1. The average Bonchev–Trinajstić information content (AvgIpc) is 2.72. The van der Waals surface area contributed by atoms with Gasteiger partial charge in [-0.15, -0.1) is 0 Å². The number of hydrogen-bond acceptors (Lipinski definition) is 4. The van der Waals surface area contributed by atoms with E-state index in [-0.39, 0.29) is 5.91 Å². The van der Waals surface area contributed by atoms with Crippen molar-refractivity contribution in [3.63, 3.8) is 0 Å². The number of carbonyl (C=O) groups is 1. The van der Waals surface area contributed by atoms with E-state index in [1.165, 1.54) is 18.4 Å². The Kier molecular flexibility index (Phi) is 6.82. The van der Waals surface area contributed by atoms with Gasteiger partial charge in [-0.1, -0.05) is 37.3 Å². The second-order valence-electron chi connectivity index (χ2n) is 7.39. The Bertz CT molecular complexity index is 709. The van der Waals surface area contributed by atoms with Crippen LogP contribution >= 0.6 is 0 Å². The highest BCUT2D eigenvalue weighted by Crippen LogP contribution is 2.21. The lowest BCUT2D eigenvalue weighted by Gasteiger charge is -2.31. The summed E-state index contributed by atoms with van der Waals surface area (Å²) in [5, 5.41) is 0. The summed E-state index contributed by atoms with van der Waals surface area (Å²) in [6.07, 6.45) is 4.93. The number of amides is 1. The van der Waals surface area contributed by atoms with E-state index in [1.807, 2.05) is 35.2 Å². The van der Waals surface area contributed by atoms with Gasteiger partial charge in [-0.25, -0.2) is 4.98 Å². The molecule has 1 aromatic heterocycles. The van der Waals surface area contributed by atoms with E-state index in [0.29, 0.717) is 25.2 Å². The lowest BCUT2D eigenvalue weighted by molar-refractivity contribution is 0.0761. The molecule has 1 aliphatic heterocycles. The fraction of sp³-hybridized carbons (Fsp3) is 0.455. The molecule has 0 unspecified atom stereocenters. The van der Waals surface area contributed by atoms with E-state index < -0.39 is 0 Å². The first-order chi connectivity index (χ1) is 13.2. The molecule has 3 rings (SSSR count). The first-order valence-electron chi connectivity index (χ1n) is 9.91. The molecule has 144 valence electrons. The third kappa shape index (κ3) is 5.30. The van der Waals surface area contributed by atoms with Crippen LogP contribution in [0.1, 0.15) is 35.7 Å². The van der Waals surface area contributed by atoms with Gasteiger partial charge in [-0.05, 0) is 42.9 Å². The van der Waals surface area contributed by atoms with E-state index in [0.717, 1.165) is 31.2 Å². The number of nitrogens with zero attached hydrogens (tertiary/aromatic N) is 3. The first-order valence-corrected chi connectivity index (χ1v) is 9.91. The molecule has 0 radical (unpaired) electrons. The molecule has 0 bridgehead atoms. The summed E-state index contributed by atoms with van der Waals surface area (Å²) in [4.78, 5) is 21.6. The van der Waals surface area contributed by atoms with Gasteiger partial charge in [-0.2, -0.15) is 0 Å². The Morgan fingerprint density at radius 2 is 1.89 bits per heavy atom. The van der Waals surface area contributed by atoms with Crippen LogP contribution in [0.2, 0.25) is 0 Å². The highest BCUT2D eigenvalue weighted by atomic mass is 16.2. The van der Waals surface area contributed by atoms with Crippen molar-refractivity contribution in [3.8, 4) is 0 Å². The maximum Gasteiger partial charge on any atom is 0.255 e. The molecule has 0 saturated carbocycles. The Morgan fingerprint density at radius 1 is 1.15 bits per heavy atom. The monoisotopic (exact) mass is 366 g/mol. The van der Waals surface area contributed by atoms with Gasteiger partial charge in [0.1, 0.15) is 5.82 Å². The fourth-order valence-electron chi connectivity index (χ4n) is 3.50. The van der Waals surface area contributed by atoms with Crippen LogP contribution < -0.4 is 10.6 Å². The summed E-state index contributed by atoms with van der Waals surface area (Å²) in [5.41, 5.74) is 7.58. The highest BCUT2D eigenvalue weighted by molar-refractivity contribution is 5.94. The quantitative estimate of drug-likeness (QED) is 0.818. The molecule has 5 heteroatoms. The standard InChI is InChI=1S/C22H30N4O/c1-18-9-13-25(14-10-18)21-8-7-20(17-24-21)22(27)26(16-12-23)15-11-19-5-3-2-4-6-19/h2-8,17-18H,9-16,23H2,1H3. The largest absolute Gasteiger partial charge is 0.357 e. The summed E-state index contributed by atoms with van der Waals surface area (Å²) >= 11 is 0. The zero-order valence-electron chi connectivity index (χ0n) is 16.2. The summed E-state index contributed by atoms with van der Waals surface area (Å²) in [7, 11) is 0. The molecule has 1 aliphatic rings. The maximum atomic E-state index is 12.9. The molecule has 1 aromatic carbocycles. The van der Waals surface area contributed by atoms with Crippen molar-refractivity contribution in [1.29, 1.82) is 0 Å². The van der Waals surface area contributed by atoms with Crippen molar-refractivity contribution in [2.24, 2.45) is 11.7 Å². The molecule has 5 nitrogen and oxygen atoms in total. The van der Waals surface area contributed by atoms with Gasteiger partial charge in [0.15, 0.2) is 0 Å². The smallest absolute Gasteiger partial charge is 0.255 e. The SMILES string of the molecule is CC1CCN(c2ccc(C(=O)N(CCN)CCc3ccccc3)cn2)CC1. The number of nitrogens with two attached hydrogens (primary N) is 1. The summed E-state index contributed by atoms with van der Waals surface area (Å²) in [6, 6.07) is 14.1. The van der Waals surface area contributed by atoms with Crippen LogP contribution in [0.15, 0.2) is 48.7 Å². The topological polar surface area (TPSA) is 62.5 Å². The molecule has 1 amide bonds. The number of aromatic nitrogens is 1. The molecule has 2 aromatic rings.